The molecule has 19 heavy (non-hydrogen) atoms. The fourth-order valence-electron chi connectivity index (χ4n) is 1.85. The van der Waals surface area contributed by atoms with Gasteiger partial charge in [-0.2, -0.15) is 0 Å². The zero-order valence-corrected chi connectivity index (χ0v) is 11.1. The fourth-order valence-corrected chi connectivity index (χ4v) is 1.85. The third-order valence-corrected chi connectivity index (χ3v) is 2.84. The van der Waals surface area contributed by atoms with Crippen LogP contribution < -0.4 is 4.74 Å². The smallest absolute Gasteiger partial charge is 0.337 e. The van der Waals surface area contributed by atoms with Gasteiger partial charge in [0.1, 0.15) is 5.75 Å². The molecule has 0 saturated heterocycles. The lowest BCUT2D eigenvalue weighted by molar-refractivity contribution is 0.0695. The highest BCUT2D eigenvalue weighted by Gasteiger charge is 2.10. The van der Waals surface area contributed by atoms with E-state index in [-0.39, 0.29) is 5.56 Å². The summed E-state index contributed by atoms with van der Waals surface area (Å²) in [6.07, 6.45) is 0. The number of carboxylic acid groups (broad SMARTS) is 1. The van der Waals surface area contributed by atoms with Crippen molar-refractivity contribution >= 4 is 5.97 Å². The summed E-state index contributed by atoms with van der Waals surface area (Å²) in [4.78, 5) is 15.1. The van der Waals surface area contributed by atoms with Gasteiger partial charge in [0, 0.05) is 6.07 Å². The summed E-state index contributed by atoms with van der Waals surface area (Å²) in [5.41, 5.74) is 2.81. The van der Waals surface area contributed by atoms with Crippen molar-refractivity contribution < 1.29 is 14.6 Å². The van der Waals surface area contributed by atoms with Crippen molar-refractivity contribution in [1.29, 1.82) is 0 Å². The number of hydrogen-bond acceptors (Lipinski definition) is 3. The summed E-state index contributed by atoms with van der Waals surface area (Å²) in [5, 5.41) is 8.94. The van der Waals surface area contributed by atoms with Gasteiger partial charge in [-0.1, -0.05) is 17.7 Å². The number of carboxylic acids is 1. The van der Waals surface area contributed by atoms with Crippen LogP contribution in [-0.2, 0) is 0 Å². The van der Waals surface area contributed by atoms with Crippen LogP contribution in [0.25, 0.3) is 0 Å². The van der Waals surface area contributed by atoms with E-state index >= 15 is 0 Å². The van der Waals surface area contributed by atoms with Crippen molar-refractivity contribution in [3.8, 4) is 11.6 Å². The van der Waals surface area contributed by atoms with Crippen LogP contribution in [0.2, 0.25) is 0 Å². The van der Waals surface area contributed by atoms with Crippen molar-refractivity contribution in [2.45, 2.75) is 20.8 Å². The average Bonchev–Trinajstić information content (AvgIpc) is 2.32. The van der Waals surface area contributed by atoms with E-state index in [0.29, 0.717) is 11.6 Å². The lowest BCUT2D eigenvalue weighted by Crippen LogP contribution is -2.02. The summed E-state index contributed by atoms with van der Waals surface area (Å²) in [7, 11) is 0. The minimum absolute atomic E-state index is 0.188. The highest BCUT2D eigenvalue weighted by molar-refractivity contribution is 5.88. The van der Waals surface area contributed by atoms with E-state index in [9.17, 15) is 4.79 Å². The van der Waals surface area contributed by atoms with Gasteiger partial charge in [-0.25, -0.2) is 9.78 Å². The van der Waals surface area contributed by atoms with E-state index in [4.69, 9.17) is 9.84 Å². The second-order valence-corrected chi connectivity index (χ2v) is 4.46. The van der Waals surface area contributed by atoms with Crippen molar-refractivity contribution in [2.75, 3.05) is 0 Å². The van der Waals surface area contributed by atoms with Crippen LogP contribution in [0.5, 0.6) is 11.6 Å². The predicted molar refractivity (Wildman–Crippen MR) is 71.9 cm³/mol. The number of benzene rings is 1. The van der Waals surface area contributed by atoms with E-state index in [1.54, 1.807) is 13.0 Å². The molecule has 0 amide bonds. The Balaban J connectivity index is 2.29. The Hall–Kier alpha value is -2.36. The lowest BCUT2D eigenvalue weighted by atomic mass is 10.1. The Morgan fingerprint density at radius 3 is 2.47 bits per heavy atom. The molecule has 0 unspecified atom stereocenters. The largest absolute Gasteiger partial charge is 0.478 e. The first-order chi connectivity index (χ1) is 8.97. The highest BCUT2D eigenvalue weighted by Crippen LogP contribution is 2.25. The van der Waals surface area contributed by atoms with Gasteiger partial charge in [0.15, 0.2) is 0 Å². The summed E-state index contributed by atoms with van der Waals surface area (Å²) >= 11 is 0. The molecule has 0 spiro atoms. The molecule has 1 heterocycles. The van der Waals surface area contributed by atoms with Crippen LogP contribution >= 0.6 is 0 Å². The highest BCUT2D eigenvalue weighted by atomic mass is 16.5. The quantitative estimate of drug-likeness (QED) is 0.914. The van der Waals surface area contributed by atoms with Crippen molar-refractivity contribution in [3.63, 3.8) is 0 Å². The van der Waals surface area contributed by atoms with Gasteiger partial charge in [0.25, 0.3) is 0 Å². The molecular formula is C15H15NO3. The number of carbonyl (C=O) groups is 1. The van der Waals surface area contributed by atoms with Crippen LogP contribution in [0.3, 0.4) is 0 Å². The first-order valence-electron chi connectivity index (χ1n) is 5.93. The molecule has 0 saturated carbocycles. The van der Waals surface area contributed by atoms with Gasteiger partial charge in [-0.05, 0) is 38.5 Å². The number of aryl methyl sites for hydroxylation is 3. The molecule has 1 aromatic heterocycles. The summed E-state index contributed by atoms with van der Waals surface area (Å²) < 4.78 is 5.68. The summed E-state index contributed by atoms with van der Waals surface area (Å²) in [6.45, 7) is 5.62. The maximum absolute atomic E-state index is 10.9. The number of pyridine rings is 1. The molecule has 1 aromatic carbocycles. The third kappa shape index (κ3) is 2.91. The first-order valence-corrected chi connectivity index (χ1v) is 5.93. The van der Waals surface area contributed by atoms with E-state index in [1.807, 2.05) is 32.0 Å². The molecule has 0 bridgehead atoms. The molecule has 98 valence electrons. The molecule has 0 radical (unpaired) electrons. The molecule has 2 aromatic rings. The van der Waals surface area contributed by atoms with Gasteiger partial charge in [-0.15, -0.1) is 0 Å². The SMILES string of the molecule is Cc1ccc(Oc2ccc(C(=O)O)c(C)n2)c(C)c1. The Labute approximate surface area is 111 Å². The van der Waals surface area contributed by atoms with E-state index in [2.05, 4.69) is 4.98 Å². The second-order valence-electron chi connectivity index (χ2n) is 4.46. The van der Waals surface area contributed by atoms with Crippen LogP contribution in [0.4, 0.5) is 0 Å². The standard InChI is InChI=1S/C15H15NO3/c1-9-4-6-13(10(2)8-9)19-14-7-5-12(15(17)18)11(3)16-14/h4-8H,1-3H3,(H,17,18). The maximum Gasteiger partial charge on any atom is 0.337 e. The number of aromatic carboxylic acids is 1. The zero-order chi connectivity index (χ0) is 14.0. The predicted octanol–water partition coefficient (Wildman–Crippen LogP) is 3.50. The Bertz CT molecular complexity index is 635. The van der Waals surface area contributed by atoms with E-state index in [1.165, 1.54) is 6.07 Å². The van der Waals surface area contributed by atoms with Crippen LogP contribution in [0.1, 0.15) is 27.2 Å². The zero-order valence-electron chi connectivity index (χ0n) is 11.1. The van der Waals surface area contributed by atoms with Gasteiger partial charge in [-0.3, -0.25) is 0 Å². The molecule has 4 heteroatoms. The minimum Gasteiger partial charge on any atom is -0.478 e. The molecule has 0 atom stereocenters. The molecule has 0 fully saturated rings. The molecule has 4 nitrogen and oxygen atoms in total. The molecule has 0 aliphatic carbocycles. The number of nitrogens with zero attached hydrogens (tertiary/aromatic N) is 1. The average molecular weight is 257 g/mol. The first kappa shape index (κ1) is 13.1. The normalized spacial score (nSPS) is 10.3. The molecule has 2 rings (SSSR count). The summed E-state index contributed by atoms with van der Waals surface area (Å²) in [5.74, 6) is 0.137. The van der Waals surface area contributed by atoms with Crippen LogP contribution in [0.15, 0.2) is 30.3 Å². The number of hydrogen-bond donors (Lipinski definition) is 1. The second kappa shape index (κ2) is 5.10. The molecule has 1 N–H and O–H groups in total. The van der Waals surface area contributed by atoms with Crippen molar-refractivity contribution in [3.05, 3.63) is 52.7 Å². The van der Waals surface area contributed by atoms with Crippen molar-refractivity contribution in [1.82, 2.24) is 4.98 Å². The fraction of sp³-hybridized carbons (Fsp3) is 0.200. The monoisotopic (exact) mass is 257 g/mol. The maximum atomic E-state index is 10.9. The Kier molecular flexibility index (Phi) is 3.51. The molecule has 0 aliphatic rings. The number of rotatable bonds is 3. The lowest BCUT2D eigenvalue weighted by Gasteiger charge is -2.09. The topological polar surface area (TPSA) is 59.4 Å². The number of ether oxygens (including phenoxy) is 1. The third-order valence-electron chi connectivity index (χ3n) is 2.84. The van der Waals surface area contributed by atoms with Gasteiger partial charge in [0.05, 0.1) is 11.3 Å². The minimum atomic E-state index is -0.983. The van der Waals surface area contributed by atoms with Gasteiger partial charge >= 0.3 is 5.97 Å². The van der Waals surface area contributed by atoms with Gasteiger partial charge < -0.3 is 9.84 Å². The van der Waals surface area contributed by atoms with Gasteiger partial charge in [0.2, 0.25) is 5.88 Å². The molecule has 0 aliphatic heterocycles. The number of aromatic nitrogens is 1. The van der Waals surface area contributed by atoms with Crippen molar-refractivity contribution in [2.24, 2.45) is 0 Å². The van der Waals surface area contributed by atoms with Crippen LogP contribution in [-0.4, -0.2) is 16.1 Å². The van der Waals surface area contributed by atoms with Crippen LogP contribution in [0, 0.1) is 20.8 Å². The Morgan fingerprint density at radius 2 is 1.89 bits per heavy atom. The molecular weight excluding hydrogens is 242 g/mol. The van der Waals surface area contributed by atoms with E-state index in [0.717, 1.165) is 16.9 Å². The Morgan fingerprint density at radius 1 is 1.16 bits per heavy atom. The summed E-state index contributed by atoms with van der Waals surface area (Å²) in [6, 6.07) is 8.93. The van der Waals surface area contributed by atoms with E-state index < -0.39 is 5.97 Å².